The van der Waals surface area contributed by atoms with E-state index >= 15 is 0 Å². The van der Waals surface area contributed by atoms with Crippen LogP contribution in [0, 0.1) is 0 Å². The van der Waals surface area contributed by atoms with Crippen LogP contribution in [0.15, 0.2) is 89.5 Å². The van der Waals surface area contributed by atoms with Crippen molar-refractivity contribution in [3.8, 4) is 11.3 Å². The van der Waals surface area contributed by atoms with Crippen molar-refractivity contribution in [2.75, 3.05) is 36.4 Å². The second kappa shape index (κ2) is 11.1. The Morgan fingerprint density at radius 1 is 0.857 bits per heavy atom. The minimum absolute atomic E-state index is 0.0932. The molecule has 1 aliphatic heterocycles. The summed E-state index contributed by atoms with van der Waals surface area (Å²) >= 11 is 0. The van der Waals surface area contributed by atoms with Gasteiger partial charge in [-0.05, 0) is 34.7 Å². The average Bonchev–Trinajstić information content (AvgIpc) is 3.47. The lowest BCUT2D eigenvalue weighted by molar-refractivity contribution is 0.208. The van der Waals surface area contributed by atoms with E-state index in [4.69, 9.17) is 14.5 Å². The van der Waals surface area contributed by atoms with Crippen molar-refractivity contribution in [1.82, 2.24) is 20.0 Å². The summed E-state index contributed by atoms with van der Waals surface area (Å²) in [5.41, 5.74) is 3.03. The number of benzene rings is 4. The van der Waals surface area contributed by atoms with Crippen molar-refractivity contribution in [3.63, 3.8) is 0 Å². The minimum Gasteiger partial charge on any atom is -0.352 e. The van der Waals surface area contributed by atoms with Crippen molar-refractivity contribution in [1.29, 1.82) is 0 Å². The Morgan fingerprint density at radius 2 is 1.62 bits per heavy atom. The number of hydrogen-bond donors (Lipinski definition) is 1. The number of nitrogens with zero attached hydrogens (tertiary/aromatic N) is 5. The van der Waals surface area contributed by atoms with Crippen LogP contribution in [0.2, 0.25) is 0 Å². The summed E-state index contributed by atoms with van der Waals surface area (Å²) in [4.78, 5) is 27.2. The third kappa shape index (κ3) is 4.89. The quantitative estimate of drug-likeness (QED) is 0.232. The standard InChI is InChI=1S/C34H32N6O2/c1-2-3-15-29-36-32(30-31(38-42-33(30)37-29)26-17-16-23-9-4-5-11-25(23)22-26)39-18-20-40(21-19-39)34(41)35-28-14-8-12-24-10-6-7-13-27(24)28/h4-14,16-17,22H,2-3,15,18-21H2,1H3,(H,35,41). The van der Waals surface area contributed by atoms with Gasteiger partial charge in [-0.3, -0.25) is 0 Å². The second-order valence-corrected chi connectivity index (χ2v) is 10.8. The van der Waals surface area contributed by atoms with Crippen molar-refractivity contribution in [3.05, 3.63) is 90.8 Å². The van der Waals surface area contributed by atoms with E-state index in [1.54, 1.807) is 0 Å². The van der Waals surface area contributed by atoms with Crippen LogP contribution >= 0.6 is 0 Å². The molecule has 1 aliphatic rings. The van der Waals surface area contributed by atoms with Crippen LogP contribution < -0.4 is 10.2 Å². The Morgan fingerprint density at radius 3 is 2.45 bits per heavy atom. The van der Waals surface area contributed by atoms with Crippen molar-refractivity contribution in [2.45, 2.75) is 26.2 Å². The maximum Gasteiger partial charge on any atom is 0.321 e. The minimum atomic E-state index is -0.0932. The zero-order valence-corrected chi connectivity index (χ0v) is 23.6. The molecule has 0 spiro atoms. The second-order valence-electron chi connectivity index (χ2n) is 10.8. The summed E-state index contributed by atoms with van der Waals surface area (Å²) in [5, 5.41) is 12.9. The van der Waals surface area contributed by atoms with E-state index in [-0.39, 0.29) is 6.03 Å². The lowest BCUT2D eigenvalue weighted by Gasteiger charge is -2.35. The van der Waals surface area contributed by atoms with Crippen LogP contribution in [0.25, 0.3) is 43.9 Å². The molecule has 1 N–H and O–H groups in total. The molecule has 1 fully saturated rings. The number of aryl methyl sites for hydroxylation is 1. The first-order valence-electron chi connectivity index (χ1n) is 14.6. The smallest absolute Gasteiger partial charge is 0.321 e. The summed E-state index contributed by atoms with van der Waals surface area (Å²) in [6, 6.07) is 28.6. The number of fused-ring (bicyclic) bond motifs is 3. The molecule has 3 heterocycles. The first-order chi connectivity index (χ1) is 20.7. The van der Waals surface area contributed by atoms with Gasteiger partial charge in [-0.25, -0.2) is 9.78 Å². The van der Waals surface area contributed by atoms with Crippen LogP contribution in [0.1, 0.15) is 25.6 Å². The summed E-state index contributed by atoms with van der Waals surface area (Å²) in [7, 11) is 0. The van der Waals surface area contributed by atoms with E-state index in [0.29, 0.717) is 31.9 Å². The predicted molar refractivity (Wildman–Crippen MR) is 168 cm³/mol. The van der Waals surface area contributed by atoms with Crippen LogP contribution in [-0.2, 0) is 6.42 Å². The van der Waals surface area contributed by atoms with Crippen LogP contribution in [-0.4, -0.2) is 52.2 Å². The molecule has 210 valence electrons. The summed E-state index contributed by atoms with van der Waals surface area (Å²) in [5.74, 6) is 1.58. The van der Waals surface area contributed by atoms with Gasteiger partial charge in [0.25, 0.3) is 5.71 Å². The molecule has 7 rings (SSSR count). The van der Waals surface area contributed by atoms with Crippen molar-refractivity contribution >= 4 is 50.2 Å². The van der Waals surface area contributed by atoms with Gasteiger partial charge in [0, 0.05) is 43.5 Å². The first kappa shape index (κ1) is 26.0. The Hall–Kier alpha value is -4.98. The van der Waals surface area contributed by atoms with Gasteiger partial charge in [0.15, 0.2) is 0 Å². The number of rotatable bonds is 6. The molecule has 8 heteroatoms. The molecule has 1 saturated heterocycles. The van der Waals surface area contributed by atoms with Gasteiger partial charge in [0.05, 0.1) is 5.69 Å². The monoisotopic (exact) mass is 556 g/mol. The predicted octanol–water partition coefficient (Wildman–Crippen LogP) is 7.29. The number of carbonyl (C=O) groups excluding carboxylic acids is 1. The van der Waals surface area contributed by atoms with Crippen LogP contribution in [0.3, 0.4) is 0 Å². The van der Waals surface area contributed by atoms with E-state index in [9.17, 15) is 4.79 Å². The molecule has 0 atom stereocenters. The Balaban J connectivity index is 1.17. The largest absolute Gasteiger partial charge is 0.352 e. The van der Waals surface area contributed by atoms with Crippen LogP contribution in [0.4, 0.5) is 16.3 Å². The fourth-order valence-corrected chi connectivity index (χ4v) is 5.74. The number of piperazine rings is 1. The van der Waals surface area contributed by atoms with Gasteiger partial charge in [-0.2, -0.15) is 4.98 Å². The van der Waals surface area contributed by atoms with E-state index in [2.05, 4.69) is 64.8 Å². The van der Waals surface area contributed by atoms with E-state index in [1.807, 2.05) is 47.4 Å². The molecule has 0 saturated carbocycles. The molecule has 0 aliphatic carbocycles. The fraction of sp³-hybridized carbons (Fsp3) is 0.235. The molecule has 8 nitrogen and oxygen atoms in total. The number of urea groups is 1. The molecule has 6 aromatic rings. The summed E-state index contributed by atoms with van der Waals surface area (Å²) < 4.78 is 5.83. The molecule has 2 aromatic heterocycles. The lowest BCUT2D eigenvalue weighted by atomic mass is 10.0. The number of unbranched alkanes of at least 4 members (excludes halogenated alkanes) is 1. The highest BCUT2D eigenvalue weighted by Gasteiger charge is 2.27. The zero-order chi connectivity index (χ0) is 28.5. The van der Waals surface area contributed by atoms with E-state index in [1.165, 1.54) is 5.39 Å². The topological polar surface area (TPSA) is 87.4 Å². The molecule has 42 heavy (non-hydrogen) atoms. The third-order valence-corrected chi connectivity index (χ3v) is 8.04. The number of amides is 2. The summed E-state index contributed by atoms with van der Waals surface area (Å²) in [6.07, 6.45) is 2.83. The van der Waals surface area contributed by atoms with E-state index < -0.39 is 0 Å². The van der Waals surface area contributed by atoms with Crippen molar-refractivity contribution < 1.29 is 9.32 Å². The SMILES string of the molecule is CCCCc1nc(N2CCN(C(=O)Nc3cccc4ccccc34)CC2)c2c(-c3ccc4ccccc4c3)noc2n1. The number of nitrogens with one attached hydrogen (secondary N) is 1. The Bertz CT molecular complexity index is 1900. The molecule has 0 bridgehead atoms. The normalized spacial score (nSPS) is 13.7. The average molecular weight is 557 g/mol. The number of carbonyl (C=O) groups is 1. The zero-order valence-electron chi connectivity index (χ0n) is 23.6. The highest BCUT2D eigenvalue weighted by atomic mass is 16.5. The van der Waals surface area contributed by atoms with Gasteiger partial charge in [-0.15, -0.1) is 0 Å². The first-order valence-corrected chi connectivity index (χ1v) is 14.6. The van der Waals surface area contributed by atoms with E-state index in [0.717, 1.165) is 69.4 Å². The molecule has 0 radical (unpaired) electrons. The molecular formula is C34H32N6O2. The Kier molecular flexibility index (Phi) is 6.87. The fourth-order valence-electron chi connectivity index (χ4n) is 5.74. The number of aromatic nitrogens is 3. The molecule has 0 unspecified atom stereocenters. The summed E-state index contributed by atoms with van der Waals surface area (Å²) in [6.45, 7) is 4.59. The van der Waals surface area contributed by atoms with Gasteiger partial charge in [0.1, 0.15) is 22.7 Å². The third-order valence-electron chi connectivity index (χ3n) is 8.04. The highest BCUT2D eigenvalue weighted by Crippen LogP contribution is 2.35. The lowest BCUT2D eigenvalue weighted by Crippen LogP contribution is -2.50. The van der Waals surface area contributed by atoms with Gasteiger partial charge >= 0.3 is 6.03 Å². The van der Waals surface area contributed by atoms with Crippen molar-refractivity contribution in [2.24, 2.45) is 0 Å². The van der Waals surface area contributed by atoms with Crippen LogP contribution in [0.5, 0.6) is 0 Å². The molecule has 4 aromatic carbocycles. The van der Waals surface area contributed by atoms with Gasteiger partial charge in [-0.1, -0.05) is 91.3 Å². The molecular weight excluding hydrogens is 524 g/mol. The number of hydrogen-bond acceptors (Lipinski definition) is 6. The highest BCUT2D eigenvalue weighted by molar-refractivity contribution is 6.02. The maximum absolute atomic E-state index is 13.3. The van der Waals surface area contributed by atoms with Gasteiger partial charge < -0.3 is 19.6 Å². The molecule has 2 amide bonds. The van der Waals surface area contributed by atoms with Gasteiger partial charge in [0.2, 0.25) is 0 Å². The maximum atomic E-state index is 13.3. The number of anilines is 2. The Labute approximate surface area is 244 Å².